The molecule has 1 aromatic rings. The van der Waals surface area contributed by atoms with Gasteiger partial charge in [-0.1, -0.05) is 6.07 Å². The van der Waals surface area contributed by atoms with Crippen molar-refractivity contribution in [3.8, 4) is 0 Å². The Bertz CT molecular complexity index is 337. The van der Waals surface area contributed by atoms with Gasteiger partial charge in [0.2, 0.25) is 5.91 Å². The summed E-state index contributed by atoms with van der Waals surface area (Å²) in [5.41, 5.74) is 0. The molecule has 0 fully saturated rings. The van der Waals surface area contributed by atoms with Crippen LogP contribution in [0.3, 0.4) is 0 Å². The minimum atomic E-state index is -1.08. The van der Waals surface area contributed by atoms with Gasteiger partial charge in [-0.3, -0.25) is 4.79 Å². The van der Waals surface area contributed by atoms with E-state index in [-0.39, 0.29) is 12.5 Å². The summed E-state index contributed by atoms with van der Waals surface area (Å²) in [6.07, 6.45) is 0.780. The molecule has 0 unspecified atom stereocenters. The van der Waals surface area contributed by atoms with Crippen molar-refractivity contribution >= 4 is 23.2 Å². The number of carbonyl (C=O) groups excluding carboxylic acids is 1. The molecule has 5 nitrogen and oxygen atoms in total. The van der Waals surface area contributed by atoms with E-state index in [1.165, 1.54) is 4.88 Å². The van der Waals surface area contributed by atoms with Gasteiger partial charge in [0, 0.05) is 11.4 Å². The quantitative estimate of drug-likeness (QED) is 0.731. The SMILES string of the molecule is O=C(O)COCC(=O)NCCc1cccs1. The second kappa shape index (κ2) is 6.97. The van der Waals surface area contributed by atoms with Crippen molar-refractivity contribution in [3.05, 3.63) is 22.4 Å². The summed E-state index contributed by atoms with van der Waals surface area (Å²) < 4.78 is 4.64. The summed E-state index contributed by atoms with van der Waals surface area (Å²) in [6.45, 7) is -0.120. The van der Waals surface area contributed by atoms with Crippen LogP contribution in [0.15, 0.2) is 17.5 Å². The maximum Gasteiger partial charge on any atom is 0.329 e. The predicted octanol–water partition coefficient (Wildman–Crippen LogP) is 0.508. The van der Waals surface area contributed by atoms with Crippen LogP contribution in [0.2, 0.25) is 0 Å². The Labute approximate surface area is 97.0 Å². The van der Waals surface area contributed by atoms with Crippen LogP contribution < -0.4 is 5.32 Å². The van der Waals surface area contributed by atoms with Crippen LogP contribution in [0.25, 0.3) is 0 Å². The van der Waals surface area contributed by atoms with Crippen molar-refractivity contribution < 1.29 is 19.4 Å². The van der Waals surface area contributed by atoms with Crippen molar-refractivity contribution in [1.82, 2.24) is 5.32 Å². The largest absolute Gasteiger partial charge is 0.480 e. The van der Waals surface area contributed by atoms with Crippen molar-refractivity contribution in [2.24, 2.45) is 0 Å². The average molecular weight is 243 g/mol. The van der Waals surface area contributed by atoms with Crippen LogP contribution in [0.1, 0.15) is 4.88 Å². The maximum absolute atomic E-state index is 11.1. The zero-order chi connectivity index (χ0) is 11.8. The summed E-state index contributed by atoms with van der Waals surface area (Å²) in [5.74, 6) is -1.37. The fourth-order valence-electron chi connectivity index (χ4n) is 1.06. The normalized spacial score (nSPS) is 10.0. The van der Waals surface area contributed by atoms with Crippen LogP contribution in [-0.2, 0) is 20.7 Å². The van der Waals surface area contributed by atoms with E-state index >= 15 is 0 Å². The first-order chi connectivity index (χ1) is 7.68. The number of carbonyl (C=O) groups is 2. The van der Waals surface area contributed by atoms with Gasteiger partial charge < -0.3 is 15.2 Å². The van der Waals surface area contributed by atoms with Gasteiger partial charge in [-0.2, -0.15) is 0 Å². The van der Waals surface area contributed by atoms with E-state index < -0.39 is 12.6 Å². The molecule has 2 N–H and O–H groups in total. The van der Waals surface area contributed by atoms with E-state index in [0.717, 1.165) is 6.42 Å². The number of hydrogen-bond donors (Lipinski definition) is 2. The molecule has 0 saturated carbocycles. The Hall–Kier alpha value is -1.40. The van der Waals surface area contributed by atoms with E-state index in [1.54, 1.807) is 11.3 Å². The van der Waals surface area contributed by atoms with Gasteiger partial charge >= 0.3 is 5.97 Å². The highest BCUT2D eigenvalue weighted by Gasteiger charge is 2.03. The van der Waals surface area contributed by atoms with E-state index in [9.17, 15) is 9.59 Å². The molecule has 0 spiro atoms. The van der Waals surface area contributed by atoms with Crippen LogP contribution in [0, 0.1) is 0 Å². The molecule has 0 radical (unpaired) electrons. The first kappa shape index (κ1) is 12.7. The Morgan fingerprint density at radius 1 is 1.44 bits per heavy atom. The first-order valence-electron chi connectivity index (χ1n) is 4.77. The van der Waals surface area contributed by atoms with Gasteiger partial charge in [0.05, 0.1) is 0 Å². The predicted molar refractivity (Wildman–Crippen MR) is 59.5 cm³/mol. The highest BCUT2D eigenvalue weighted by atomic mass is 32.1. The van der Waals surface area contributed by atoms with Crippen LogP contribution in [-0.4, -0.2) is 36.7 Å². The summed E-state index contributed by atoms with van der Waals surface area (Å²) in [7, 11) is 0. The monoisotopic (exact) mass is 243 g/mol. The summed E-state index contributed by atoms with van der Waals surface area (Å²) in [5, 5.41) is 12.9. The number of ether oxygens (including phenoxy) is 1. The Morgan fingerprint density at radius 2 is 2.25 bits per heavy atom. The number of nitrogens with one attached hydrogen (secondary N) is 1. The molecular formula is C10H13NO4S. The fraction of sp³-hybridized carbons (Fsp3) is 0.400. The molecule has 1 amide bonds. The standard InChI is InChI=1S/C10H13NO4S/c12-9(6-15-7-10(13)14)11-4-3-8-2-1-5-16-8/h1-2,5H,3-4,6-7H2,(H,11,12)(H,13,14). The van der Waals surface area contributed by atoms with Gasteiger partial charge in [0.15, 0.2) is 0 Å². The highest BCUT2D eigenvalue weighted by molar-refractivity contribution is 7.09. The molecule has 0 aromatic carbocycles. The Balaban J connectivity index is 2.04. The fourth-order valence-corrected chi connectivity index (χ4v) is 1.77. The minimum Gasteiger partial charge on any atom is -0.480 e. The number of aliphatic carboxylic acids is 1. The maximum atomic E-state index is 11.1. The van der Waals surface area contributed by atoms with Crippen LogP contribution in [0.5, 0.6) is 0 Å². The van der Waals surface area contributed by atoms with E-state index in [4.69, 9.17) is 5.11 Å². The van der Waals surface area contributed by atoms with Gasteiger partial charge in [-0.15, -0.1) is 11.3 Å². The van der Waals surface area contributed by atoms with E-state index in [0.29, 0.717) is 6.54 Å². The number of hydrogen-bond acceptors (Lipinski definition) is 4. The van der Waals surface area contributed by atoms with Crippen molar-refractivity contribution in [2.45, 2.75) is 6.42 Å². The molecule has 0 saturated heterocycles. The van der Waals surface area contributed by atoms with Gasteiger partial charge in [0.25, 0.3) is 0 Å². The zero-order valence-electron chi connectivity index (χ0n) is 8.64. The second-order valence-corrected chi connectivity index (χ2v) is 4.10. The molecule has 88 valence electrons. The van der Waals surface area contributed by atoms with Gasteiger partial charge in [0.1, 0.15) is 13.2 Å². The number of thiophene rings is 1. The molecule has 1 heterocycles. The first-order valence-corrected chi connectivity index (χ1v) is 5.65. The molecule has 0 aliphatic heterocycles. The third kappa shape index (κ3) is 5.47. The van der Waals surface area contributed by atoms with E-state index in [2.05, 4.69) is 10.1 Å². The highest BCUT2D eigenvalue weighted by Crippen LogP contribution is 2.07. The lowest BCUT2D eigenvalue weighted by Crippen LogP contribution is -2.30. The van der Waals surface area contributed by atoms with Gasteiger partial charge in [-0.05, 0) is 17.9 Å². The molecular weight excluding hydrogens is 230 g/mol. The van der Waals surface area contributed by atoms with Crippen molar-refractivity contribution in [1.29, 1.82) is 0 Å². The second-order valence-electron chi connectivity index (χ2n) is 3.07. The van der Waals surface area contributed by atoms with Crippen molar-refractivity contribution in [3.63, 3.8) is 0 Å². The number of carboxylic acids is 1. The third-order valence-electron chi connectivity index (χ3n) is 1.73. The number of carboxylic acid groups (broad SMARTS) is 1. The summed E-state index contributed by atoms with van der Waals surface area (Å²) in [4.78, 5) is 22.4. The minimum absolute atomic E-state index is 0.212. The molecule has 1 aromatic heterocycles. The molecule has 6 heteroatoms. The summed E-state index contributed by atoms with van der Waals surface area (Å²) in [6, 6.07) is 3.95. The Kier molecular flexibility index (Phi) is 5.52. The van der Waals surface area contributed by atoms with Crippen LogP contribution in [0.4, 0.5) is 0 Å². The lowest BCUT2D eigenvalue weighted by Gasteiger charge is -2.03. The molecule has 0 aliphatic rings. The smallest absolute Gasteiger partial charge is 0.329 e. The summed E-state index contributed by atoms with van der Waals surface area (Å²) >= 11 is 1.64. The zero-order valence-corrected chi connectivity index (χ0v) is 9.46. The lowest BCUT2D eigenvalue weighted by molar-refractivity contribution is -0.143. The third-order valence-corrected chi connectivity index (χ3v) is 2.67. The molecule has 0 aliphatic carbocycles. The number of rotatable bonds is 7. The molecule has 0 bridgehead atoms. The molecule has 1 rings (SSSR count). The number of amides is 1. The molecule has 0 atom stereocenters. The average Bonchev–Trinajstić information content (AvgIpc) is 2.70. The van der Waals surface area contributed by atoms with Crippen LogP contribution >= 0.6 is 11.3 Å². The Morgan fingerprint density at radius 3 is 2.88 bits per heavy atom. The van der Waals surface area contributed by atoms with Crippen molar-refractivity contribution in [2.75, 3.05) is 19.8 Å². The lowest BCUT2D eigenvalue weighted by atomic mass is 10.3. The topological polar surface area (TPSA) is 75.6 Å². The van der Waals surface area contributed by atoms with E-state index in [1.807, 2.05) is 17.5 Å². The molecule has 16 heavy (non-hydrogen) atoms. The van der Waals surface area contributed by atoms with Gasteiger partial charge in [-0.25, -0.2) is 4.79 Å².